The van der Waals surface area contributed by atoms with Crippen molar-refractivity contribution in [1.82, 2.24) is 9.97 Å². The van der Waals surface area contributed by atoms with Crippen LogP contribution in [-0.2, 0) is 4.79 Å². The third-order valence-corrected chi connectivity index (χ3v) is 5.81. The lowest BCUT2D eigenvalue weighted by Gasteiger charge is -2.37. The van der Waals surface area contributed by atoms with E-state index in [0.717, 1.165) is 23.3 Å². The second-order valence-corrected chi connectivity index (χ2v) is 7.17. The lowest BCUT2D eigenvalue weighted by atomic mass is 9.65. The zero-order valence-electron chi connectivity index (χ0n) is 13.5. The van der Waals surface area contributed by atoms with Gasteiger partial charge in [0.05, 0.1) is 16.4 Å². The third-order valence-electron chi connectivity index (χ3n) is 5.81. The van der Waals surface area contributed by atoms with Crippen LogP contribution >= 0.6 is 0 Å². The number of nitrogens with two attached hydrogens (primary N) is 1. The van der Waals surface area contributed by atoms with Gasteiger partial charge in [-0.05, 0) is 43.4 Å². The van der Waals surface area contributed by atoms with Crippen LogP contribution < -0.4 is 5.73 Å². The van der Waals surface area contributed by atoms with Crippen molar-refractivity contribution in [3.63, 3.8) is 0 Å². The Morgan fingerprint density at radius 2 is 2.04 bits per heavy atom. The van der Waals surface area contributed by atoms with E-state index in [1.54, 1.807) is 18.2 Å². The number of aromatic amines is 1. The minimum absolute atomic E-state index is 0.0213. The van der Waals surface area contributed by atoms with Crippen molar-refractivity contribution in [3.8, 4) is 0 Å². The lowest BCUT2D eigenvalue weighted by molar-refractivity contribution is -0.153. The Kier molecular flexibility index (Phi) is 3.25. The van der Waals surface area contributed by atoms with Crippen molar-refractivity contribution >= 4 is 22.9 Å². The molecule has 6 heteroatoms. The van der Waals surface area contributed by atoms with E-state index in [4.69, 9.17) is 5.73 Å². The number of amides is 1. The number of benzene rings is 1. The van der Waals surface area contributed by atoms with Crippen molar-refractivity contribution in [2.75, 3.05) is 0 Å². The predicted molar refractivity (Wildman–Crippen MR) is 86.1 cm³/mol. The summed E-state index contributed by atoms with van der Waals surface area (Å²) in [6.07, 6.45) is 1.38. The molecule has 2 aromatic rings. The minimum Gasteiger partial charge on any atom is -0.481 e. The van der Waals surface area contributed by atoms with Gasteiger partial charge in [0, 0.05) is 11.5 Å². The molecule has 0 spiro atoms. The fourth-order valence-electron chi connectivity index (χ4n) is 3.71. The van der Waals surface area contributed by atoms with Gasteiger partial charge in [-0.3, -0.25) is 9.59 Å². The minimum atomic E-state index is -0.783. The molecule has 1 aliphatic rings. The Hall–Kier alpha value is -2.37. The molecule has 6 nitrogen and oxygen atoms in total. The van der Waals surface area contributed by atoms with Crippen LogP contribution in [-0.4, -0.2) is 27.0 Å². The van der Waals surface area contributed by atoms with Crippen LogP contribution in [0.25, 0.3) is 11.0 Å². The van der Waals surface area contributed by atoms with Crippen LogP contribution in [0.3, 0.4) is 0 Å². The molecule has 1 amide bonds. The maximum Gasteiger partial charge on any atom is 0.309 e. The molecular formula is C17H21N3O3. The van der Waals surface area contributed by atoms with Gasteiger partial charge in [0.1, 0.15) is 5.82 Å². The number of nitrogens with one attached hydrogen (secondary N) is 1. The Labute approximate surface area is 134 Å². The second-order valence-electron chi connectivity index (χ2n) is 7.17. The van der Waals surface area contributed by atoms with Gasteiger partial charge in [0.15, 0.2) is 0 Å². The second kappa shape index (κ2) is 4.81. The topological polar surface area (TPSA) is 109 Å². The molecule has 1 saturated carbocycles. The Bertz CT molecular complexity index is 809. The molecule has 3 rings (SSSR count). The average molecular weight is 315 g/mol. The SMILES string of the molecule is CC1(C)[C@@H](c2nc3ccc(C(N)=O)cc3[nH]2)CC[C@@]1(C)C(=O)O. The first-order chi connectivity index (χ1) is 10.7. The van der Waals surface area contributed by atoms with Gasteiger partial charge in [0.2, 0.25) is 5.91 Å². The Morgan fingerprint density at radius 3 is 2.61 bits per heavy atom. The van der Waals surface area contributed by atoms with Crippen molar-refractivity contribution in [2.45, 2.75) is 39.5 Å². The van der Waals surface area contributed by atoms with Gasteiger partial charge in [-0.15, -0.1) is 0 Å². The molecule has 23 heavy (non-hydrogen) atoms. The smallest absolute Gasteiger partial charge is 0.309 e. The monoisotopic (exact) mass is 315 g/mol. The van der Waals surface area contributed by atoms with Gasteiger partial charge in [-0.1, -0.05) is 13.8 Å². The molecule has 0 saturated heterocycles. The van der Waals surface area contributed by atoms with Gasteiger partial charge in [-0.25, -0.2) is 4.98 Å². The number of H-pyrrole nitrogens is 1. The number of carboxylic acid groups (broad SMARTS) is 1. The third kappa shape index (κ3) is 2.12. The van der Waals surface area contributed by atoms with E-state index in [9.17, 15) is 14.7 Å². The molecule has 1 aliphatic carbocycles. The maximum absolute atomic E-state index is 11.7. The summed E-state index contributed by atoms with van der Waals surface area (Å²) < 4.78 is 0. The number of primary amides is 1. The number of nitrogens with zero attached hydrogens (tertiary/aromatic N) is 1. The molecule has 0 radical (unpaired) electrons. The van der Waals surface area contributed by atoms with Crippen molar-refractivity contribution in [1.29, 1.82) is 0 Å². The maximum atomic E-state index is 11.7. The van der Waals surface area contributed by atoms with E-state index < -0.39 is 22.7 Å². The van der Waals surface area contributed by atoms with Gasteiger partial charge >= 0.3 is 5.97 Å². The Morgan fingerprint density at radius 1 is 1.35 bits per heavy atom. The largest absolute Gasteiger partial charge is 0.481 e. The highest BCUT2D eigenvalue weighted by atomic mass is 16.4. The van der Waals surface area contributed by atoms with Gasteiger partial charge in [-0.2, -0.15) is 0 Å². The summed E-state index contributed by atoms with van der Waals surface area (Å²) >= 11 is 0. The number of carboxylic acids is 1. The van der Waals surface area contributed by atoms with Crippen LogP contribution in [0.1, 0.15) is 55.7 Å². The van der Waals surface area contributed by atoms with E-state index in [2.05, 4.69) is 9.97 Å². The molecule has 1 aromatic heterocycles. The highest BCUT2D eigenvalue weighted by molar-refractivity contribution is 5.96. The summed E-state index contributed by atoms with van der Waals surface area (Å²) in [7, 11) is 0. The zero-order valence-corrected chi connectivity index (χ0v) is 13.5. The standard InChI is InChI=1S/C17H21N3O3/c1-16(2)10(6-7-17(16,3)15(22)23)14-19-11-5-4-9(13(18)21)8-12(11)20-14/h4-5,8,10H,6-7H2,1-3H3,(H2,18,21)(H,19,20)(H,22,23)/t10-,17+/m1/s1. The highest BCUT2D eigenvalue weighted by Crippen LogP contribution is 2.59. The van der Waals surface area contributed by atoms with Crippen molar-refractivity contribution in [2.24, 2.45) is 16.6 Å². The molecule has 2 atom stereocenters. The Balaban J connectivity index is 2.04. The summed E-state index contributed by atoms with van der Waals surface area (Å²) in [4.78, 5) is 30.9. The lowest BCUT2D eigenvalue weighted by Crippen LogP contribution is -2.40. The quantitative estimate of drug-likeness (QED) is 0.808. The molecule has 0 unspecified atom stereocenters. The van der Waals surface area contributed by atoms with E-state index in [1.807, 2.05) is 20.8 Å². The summed E-state index contributed by atoms with van der Waals surface area (Å²) in [5, 5.41) is 9.63. The number of aliphatic carboxylic acids is 1. The molecule has 1 heterocycles. The first-order valence-corrected chi connectivity index (χ1v) is 7.69. The van der Waals surface area contributed by atoms with Crippen LogP contribution in [0.4, 0.5) is 0 Å². The molecule has 0 bridgehead atoms. The number of hydrogen-bond acceptors (Lipinski definition) is 3. The number of carbonyl (C=O) groups excluding carboxylic acids is 1. The van der Waals surface area contributed by atoms with Crippen LogP contribution in [0.2, 0.25) is 0 Å². The summed E-state index contributed by atoms with van der Waals surface area (Å²) in [5.41, 5.74) is 6.02. The normalized spacial score (nSPS) is 26.5. The summed E-state index contributed by atoms with van der Waals surface area (Å²) in [5.74, 6) is -0.454. The number of carbonyl (C=O) groups is 2. The van der Waals surface area contributed by atoms with E-state index in [0.29, 0.717) is 12.0 Å². The number of aromatic nitrogens is 2. The molecule has 122 valence electrons. The number of fused-ring (bicyclic) bond motifs is 1. The van der Waals surface area contributed by atoms with E-state index in [-0.39, 0.29) is 5.92 Å². The number of imidazole rings is 1. The molecule has 1 aromatic carbocycles. The first kappa shape index (κ1) is 15.5. The molecule has 1 fully saturated rings. The fourth-order valence-corrected chi connectivity index (χ4v) is 3.71. The van der Waals surface area contributed by atoms with E-state index in [1.165, 1.54) is 0 Å². The average Bonchev–Trinajstić information content (AvgIpc) is 2.98. The molecule has 0 aliphatic heterocycles. The number of hydrogen-bond donors (Lipinski definition) is 3. The summed E-state index contributed by atoms with van der Waals surface area (Å²) in [6.45, 7) is 5.78. The van der Waals surface area contributed by atoms with Crippen molar-refractivity contribution in [3.05, 3.63) is 29.6 Å². The van der Waals surface area contributed by atoms with E-state index >= 15 is 0 Å². The summed E-state index contributed by atoms with van der Waals surface area (Å²) in [6, 6.07) is 5.09. The van der Waals surface area contributed by atoms with Gasteiger partial charge in [0.25, 0.3) is 0 Å². The number of rotatable bonds is 3. The van der Waals surface area contributed by atoms with Crippen molar-refractivity contribution < 1.29 is 14.7 Å². The first-order valence-electron chi connectivity index (χ1n) is 7.69. The van der Waals surface area contributed by atoms with Gasteiger partial charge < -0.3 is 15.8 Å². The molecule has 4 N–H and O–H groups in total. The highest BCUT2D eigenvalue weighted by Gasteiger charge is 2.57. The predicted octanol–water partition coefficient (Wildman–Crippen LogP) is 2.66. The fraction of sp³-hybridized carbons (Fsp3) is 0.471. The van der Waals surface area contributed by atoms with Crippen LogP contribution in [0.5, 0.6) is 0 Å². The zero-order chi connectivity index (χ0) is 17.0. The molecular weight excluding hydrogens is 294 g/mol. The van der Waals surface area contributed by atoms with Crippen LogP contribution in [0, 0.1) is 10.8 Å². The van der Waals surface area contributed by atoms with Crippen LogP contribution in [0.15, 0.2) is 18.2 Å².